The highest BCUT2D eigenvalue weighted by Crippen LogP contribution is 2.43. The highest BCUT2D eigenvalue weighted by molar-refractivity contribution is 7.86. The van der Waals surface area contributed by atoms with Crippen molar-refractivity contribution in [2.75, 3.05) is 0 Å². The molecule has 104 valence electrons. The maximum atomic E-state index is 12.4. The summed E-state index contributed by atoms with van der Waals surface area (Å²) in [7, 11) is -0.868. The first-order valence-corrected chi connectivity index (χ1v) is 8.40. The van der Waals surface area contributed by atoms with Crippen LogP contribution in [0.3, 0.4) is 0 Å². The molecule has 1 aliphatic carbocycles. The van der Waals surface area contributed by atoms with Crippen molar-refractivity contribution in [2.45, 2.75) is 70.8 Å². The Hall–Kier alpha value is -0.360. The summed E-state index contributed by atoms with van der Waals surface area (Å²) in [5, 5.41) is 9.50. The third-order valence-electron chi connectivity index (χ3n) is 4.74. The molecule has 0 bridgehead atoms. The number of hydrogen-bond acceptors (Lipinski definition) is 2. The summed E-state index contributed by atoms with van der Waals surface area (Å²) in [6.07, 6.45) is 4.15. The standard InChI is InChI=1S/C15H27NOS/c1-6-15(4,5)13-8-7-12(10-16)14(9-13)18(17)11(2)3/h11-14H,6-9H2,1-5H3. The van der Waals surface area contributed by atoms with Crippen LogP contribution in [0, 0.1) is 28.6 Å². The van der Waals surface area contributed by atoms with E-state index in [9.17, 15) is 9.47 Å². The van der Waals surface area contributed by atoms with E-state index < -0.39 is 10.8 Å². The van der Waals surface area contributed by atoms with Gasteiger partial charge in [0.2, 0.25) is 0 Å². The van der Waals surface area contributed by atoms with Gasteiger partial charge in [0, 0.05) is 16.0 Å². The molecule has 0 aromatic rings. The molecule has 1 aliphatic rings. The van der Waals surface area contributed by atoms with Crippen molar-refractivity contribution >= 4 is 10.8 Å². The minimum Gasteiger partial charge on any atom is -0.259 e. The lowest BCUT2D eigenvalue weighted by Crippen LogP contribution is -2.39. The lowest BCUT2D eigenvalue weighted by atomic mass is 9.67. The first kappa shape index (κ1) is 15.7. The first-order chi connectivity index (χ1) is 8.33. The van der Waals surface area contributed by atoms with Crippen molar-refractivity contribution < 1.29 is 4.21 Å². The van der Waals surface area contributed by atoms with E-state index in [1.54, 1.807) is 0 Å². The molecule has 0 spiro atoms. The molecule has 0 aromatic carbocycles. The van der Waals surface area contributed by atoms with Crippen molar-refractivity contribution in [1.82, 2.24) is 0 Å². The summed E-state index contributed by atoms with van der Waals surface area (Å²) in [6.45, 7) is 10.8. The number of hydrogen-bond donors (Lipinski definition) is 0. The van der Waals surface area contributed by atoms with Crippen LogP contribution in [-0.4, -0.2) is 14.7 Å². The fraction of sp³-hybridized carbons (Fsp3) is 0.933. The fourth-order valence-corrected chi connectivity index (χ4v) is 4.52. The molecule has 0 heterocycles. The second-order valence-corrected chi connectivity index (χ2v) is 8.71. The van der Waals surface area contributed by atoms with E-state index in [0.717, 1.165) is 25.7 Å². The van der Waals surface area contributed by atoms with E-state index in [1.165, 1.54) is 0 Å². The SMILES string of the molecule is CCC(C)(C)C1CCC(C#N)C(S(=O)C(C)C)C1. The van der Waals surface area contributed by atoms with E-state index in [1.807, 2.05) is 13.8 Å². The summed E-state index contributed by atoms with van der Waals surface area (Å²) in [6, 6.07) is 2.39. The average Bonchev–Trinajstić information content (AvgIpc) is 2.36. The van der Waals surface area contributed by atoms with Gasteiger partial charge in [-0.05, 0) is 30.6 Å². The number of rotatable bonds is 4. The van der Waals surface area contributed by atoms with Crippen molar-refractivity contribution in [1.29, 1.82) is 5.26 Å². The van der Waals surface area contributed by atoms with Gasteiger partial charge in [0.1, 0.15) is 0 Å². The highest BCUT2D eigenvalue weighted by atomic mass is 32.2. The van der Waals surface area contributed by atoms with Gasteiger partial charge in [0.05, 0.1) is 17.2 Å². The van der Waals surface area contributed by atoms with E-state index in [0.29, 0.717) is 11.3 Å². The summed E-state index contributed by atoms with van der Waals surface area (Å²) < 4.78 is 12.4. The van der Waals surface area contributed by atoms with Gasteiger partial charge in [-0.25, -0.2) is 0 Å². The molecular weight excluding hydrogens is 242 g/mol. The lowest BCUT2D eigenvalue weighted by molar-refractivity contribution is 0.142. The predicted octanol–water partition coefficient (Wildman–Crippen LogP) is 3.89. The molecule has 0 aliphatic heterocycles. The van der Waals surface area contributed by atoms with Crippen LogP contribution in [0.4, 0.5) is 0 Å². The van der Waals surface area contributed by atoms with Crippen LogP contribution in [0.15, 0.2) is 0 Å². The monoisotopic (exact) mass is 269 g/mol. The van der Waals surface area contributed by atoms with Gasteiger partial charge in [-0.3, -0.25) is 4.21 Å². The van der Waals surface area contributed by atoms with Gasteiger partial charge in [-0.15, -0.1) is 0 Å². The Labute approximate surface area is 115 Å². The van der Waals surface area contributed by atoms with Crippen molar-refractivity contribution in [2.24, 2.45) is 17.3 Å². The Morgan fingerprint density at radius 1 is 1.39 bits per heavy atom. The maximum absolute atomic E-state index is 12.4. The Kier molecular flexibility index (Phi) is 5.40. The van der Waals surface area contributed by atoms with Gasteiger partial charge in [0.15, 0.2) is 0 Å². The molecule has 0 saturated heterocycles. The number of nitrogens with zero attached hydrogens (tertiary/aromatic N) is 1. The van der Waals surface area contributed by atoms with Gasteiger partial charge in [0.25, 0.3) is 0 Å². The molecule has 3 heteroatoms. The highest BCUT2D eigenvalue weighted by Gasteiger charge is 2.40. The Morgan fingerprint density at radius 3 is 2.44 bits per heavy atom. The van der Waals surface area contributed by atoms with Crippen LogP contribution in [0.1, 0.15) is 60.3 Å². The molecule has 1 saturated carbocycles. The molecule has 4 unspecified atom stereocenters. The molecule has 0 amide bonds. The van der Waals surface area contributed by atoms with E-state index in [-0.39, 0.29) is 16.4 Å². The normalized spacial score (nSPS) is 31.1. The lowest BCUT2D eigenvalue weighted by Gasteiger charge is -2.41. The molecule has 4 atom stereocenters. The molecule has 0 N–H and O–H groups in total. The molecule has 0 radical (unpaired) electrons. The van der Waals surface area contributed by atoms with Crippen LogP contribution in [0.2, 0.25) is 0 Å². The van der Waals surface area contributed by atoms with Gasteiger partial charge in [-0.2, -0.15) is 5.26 Å². The van der Waals surface area contributed by atoms with Crippen LogP contribution in [0.5, 0.6) is 0 Å². The third-order valence-corrected chi connectivity index (χ3v) is 6.78. The summed E-state index contributed by atoms with van der Waals surface area (Å²) in [5.41, 5.74) is 0.305. The smallest absolute Gasteiger partial charge is 0.0668 e. The molecule has 0 aromatic heterocycles. The Bertz CT molecular complexity index is 343. The summed E-state index contributed by atoms with van der Waals surface area (Å²) in [4.78, 5) is 0. The molecule has 2 nitrogen and oxygen atoms in total. The van der Waals surface area contributed by atoms with Gasteiger partial charge in [-0.1, -0.05) is 41.0 Å². The van der Waals surface area contributed by atoms with Crippen molar-refractivity contribution in [3.05, 3.63) is 0 Å². The Morgan fingerprint density at radius 2 is 2.00 bits per heavy atom. The fourth-order valence-electron chi connectivity index (χ4n) is 2.88. The number of nitriles is 1. The molecule has 1 rings (SSSR count). The molecular formula is C15H27NOS. The second kappa shape index (κ2) is 6.19. The largest absolute Gasteiger partial charge is 0.259 e. The van der Waals surface area contributed by atoms with E-state index in [2.05, 4.69) is 26.8 Å². The quantitative estimate of drug-likeness (QED) is 0.777. The van der Waals surface area contributed by atoms with E-state index in [4.69, 9.17) is 0 Å². The second-order valence-electron chi connectivity index (χ2n) is 6.50. The maximum Gasteiger partial charge on any atom is 0.0668 e. The van der Waals surface area contributed by atoms with Crippen LogP contribution < -0.4 is 0 Å². The van der Waals surface area contributed by atoms with Crippen LogP contribution >= 0.6 is 0 Å². The van der Waals surface area contributed by atoms with Crippen molar-refractivity contribution in [3.8, 4) is 6.07 Å². The summed E-state index contributed by atoms with van der Waals surface area (Å²) in [5.74, 6) is 0.608. The zero-order chi connectivity index (χ0) is 13.9. The van der Waals surface area contributed by atoms with Gasteiger partial charge < -0.3 is 0 Å². The van der Waals surface area contributed by atoms with Crippen LogP contribution in [-0.2, 0) is 10.8 Å². The third kappa shape index (κ3) is 3.35. The topological polar surface area (TPSA) is 40.9 Å². The van der Waals surface area contributed by atoms with Gasteiger partial charge >= 0.3 is 0 Å². The molecule has 18 heavy (non-hydrogen) atoms. The van der Waals surface area contributed by atoms with Crippen LogP contribution in [0.25, 0.3) is 0 Å². The van der Waals surface area contributed by atoms with Crippen molar-refractivity contribution in [3.63, 3.8) is 0 Å². The Balaban J connectivity index is 2.85. The predicted molar refractivity (Wildman–Crippen MR) is 77.6 cm³/mol. The molecule has 1 fully saturated rings. The minimum absolute atomic E-state index is 0.00265. The zero-order valence-electron chi connectivity index (χ0n) is 12.4. The first-order valence-electron chi connectivity index (χ1n) is 7.12. The average molecular weight is 269 g/mol. The van der Waals surface area contributed by atoms with E-state index >= 15 is 0 Å². The zero-order valence-corrected chi connectivity index (χ0v) is 13.2. The summed E-state index contributed by atoms with van der Waals surface area (Å²) >= 11 is 0. The minimum atomic E-state index is -0.868.